The van der Waals surface area contributed by atoms with Gasteiger partial charge in [-0.05, 0) is 18.4 Å². The Hall–Kier alpha value is -1.55. The first-order chi connectivity index (χ1) is 8.68. The van der Waals surface area contributed by atoms with Crippen molar-refractivity contribution in [3.05, 3.63) is 35.9 Å². The lowest BCUT2D eigenvalue weighted by Crippen LogP contribution is -2.51. The molecule has 0 radical (unpaired) electrons. The molecular formula is C14H20N2O2. The van der Waals surface area contributed by atoms with E-state index in [-0.39, 0.29) is 12.1 Å². The van der Waals surface area contributed by atoms with Crippen molar-refractivity contribution < 1.29 is 9.90 Å². The fourth-order valence-corrected chi connectivity index (χ4v) is 2.63. The molecule has 0 saturated heterocycles. The number of hydrogen-bond donors (Lipinski definition) is 2. The van der Waals surface area contributed by atoms with Crippen LogP contribution in [0.25, 0.3) is 0 Å². The molecule has 0 unspecified atom stereocenters. The topological polar surface area (TPSA) is 66.6 Å². The smallest absolute Gasteiger partial charge is 0.407 e. The largest absolute Gasteiger partial charge is 0.465 e. The Labute approximate surface area is 107 Å². The van der Waals surface area contributed by atoms with E-state index in [2.05, 4.69) is 0 Å². The standard InChI is InChI=1S/C14H20N2O2/c15-12-8-4-5-9-13(12)16(14(17)18)10-11-6-2-1-3-7-11/h1-3,6-7,12-13H,4-5,8-10,15H2,(H,17,18)/t12-,13-/m0/s1. The zero-order valence-corrected chi connectivity index (χ0v) is 10.5. The predicted molar refractivity (Wildman–Crippen MR) is 70.2 cm³/mol. The summed E-state index contributed by atoms with van der Waals surface area (Å²) in [7, 11) is 0. The van der Waals surface area contributed by atoms with Crippen LogP contribution in [0.2, 0.25) is 0 Å². The maximum Gasteiger partial charge on any atom is 0.407 e. The second-order valence-corrected chi connectivity index (χ2v) is 4.91. The van der Waals surface area contributed by atoms with Gasteiger partial charge >= 0.3 is 6.09 Å². The van der Waals surface area contributed by atoms with E-state index in [4.69, 9.17) is 5.73 Å². The minimum absolute atomic E-state index is 0.0291. The van der Waals surface area contributed by atoms with Crippen LogP contribution in [-0.2, 0) is 6.54 Å². The number of amides is 1. The van der Waals surface area contributed by atoms with Crippen LogP contribution in [0.5, 0.6) is 0 Å². The van der Waals surface area contributed by atoms with E-state index < -0.39 is 6.09 Å². The van der Waals surface area contributed by atoms with Crippen molar-refractivity contribution in [3.8, 4) is 0 Å². The minimum atomic E-state index is -0.874. The lowest BCUT2D eigenvalue weighted by atomic mass is 9.90. The fourth-order valence-electron chi connectivity index (χ4n) is 2.63. The van der Waals surface area contributed by atoms with Gasteiger partial charge in [-0.25, -0.2) is 4.79 Å². The van der Waals surface area contributed by atoms with Gasteiger partial charge in [-0.1, -0.05) is 43.2 Å². The monoisotopic (exact) mass is 248 g/mol. The summed E-state index contributed by atoms with van der Waals surface area (Å²) in [6, 6.07) is 9.61. The molecule has 1 aliphatic rings. The highest BCUT2D eigenvalue weighted by Gasteiger charge is 2.30. The molecule has 3 N–H and O–H groups in total. The zero-order chi connectivity index (χ0) is 13.0. The van der Waals surface area contributed by atoms with E-state index >= 15 is 0 Å². The van der Waals surface area contributed by atoms with Crippen molar-refractivity contribution in [3.63, 3.8) is 0 Å². The summed E-state index contributed by atoms with van der Waals surface area (Å²) in [5, 5.41) is 9.37. The highest BCUT2D eigenvalue weighted by atomic mass is 16.4. The molecule has 0 aromatic heterocycles. The molecule has 1 amide bonds. The molecule has 1 aliphatic carbocycles. The second-order valence-electron chi connectivity index (χ2n) is 4.91. The van der Waals surface area contributed by atoms with Gasteiger partial charge in [0.1, 0.15) is 0 Å². The van der Waals surface area contributed by atoms with Crippen LogP contribution in [0, 0.1) is 0 Å². The molecular weight excluding hydrogens is 228 g/mol. The zero-order valence-electron chi connectivity index (χ0n) is 10.5. The summed E-state index contributed by atoms with van der Waals surface area (Å²) in [4.78, 5) is 12.9. The average molecular weight is 248 g/mol. The number of nitrogens with two attached hydrogens (primary N) is 1. The number of carboxylic acid groups (broad SMARTS) is 1. The molecule has 0 bridgehead atoms. The highest BCUT2D eigenvalue weighted by molar-refractivity contribution is 5.65. The molecule has 98 valence electrons. The fraction of sp³-hybridized carbons (Fsp3) is 0.500. The third kappa shape index (κ3) is 3.01. The lowest BCUT2D eigenvalue weighted by Gasteiger charge is -2.36. The van der Waals surface area contributed by atoms with Crippen LogP contribution in [-0.4, -0.2) is 28.2 Å². The normalized spacial score (nSPS) is 23.6. The molecule has 2 rings (SSSR count). The number of carbonyl (C=O) groups is 1. The van der Waals surface area contributed by atoms with Gasteiger partial charge in [-0.15, -0.1) is 0 Å². The van der Waals surface area contributed by atoms with Crippen LogP contribution >= 0.6 is 0 Å². The summed E-state index contributed by atoms with van der Waals surface area (Å²) in [6.07, 6.45) is 3.10. The summed E-state index contributed by atoms with van der Waals surface area (Å²) >= 11 is 0. The quantitative estimate of drug-likeness (QED) is 0.863. The molecule has 4 nitrogen and oxygen atoms in total. The van der Waals surface area contributed by atoms with E-state index in [9.17, 15) is 9.90 Å². The SMILES string of the molecule is N[C@H]1CCCC[C@@H]1N(Cc1ccccc1)C(=O)O. The van der Waals surface area contributed by atoms with Gasteiger partial charge in [0.2, 0.25) is 0 Å². The number of nitrogens with zero attached hydrogens (tertiary/aromatic N) is 1. The van der Waals surface area contributed by atoms with Gasteiger partial charge in [0, 0.05) is 12.6 Å². The Balaban J connectivity index is 2.10. The summed E-state index contributed by atoms with van der Waals surface area (Å²) < 4.78 is 0. The number of benzene rings is 1. The van der Waals surface area contributed by atoms with Crippen molar-refractivity contribution >= 4 is 6.09 Å². The summed E-state index contributed by atoms with van der Waals surface area (Å²) in [5.41, 5.74) is 7.08. The molecule has 0 aliphatic heterocycles. The third-order valence-corrected chi connectivity index (χ3v) is 3.62. The molecule has 1 fully saturated rings. The highest BCUT2D eigenvalue weighted by Crippen LogP contribution is 2.23. The lowest BCUT2D eigenvalue weighted by molar-refractivity contribution is 0.0986. The van der Waals surface area contributed by atoms with Crippen LogP contribution in [0.1, 0.15) is 31.2 Å². The van der Waals surface area contributed by atoms with Crippen LogP contribution in [0.15, 0.2) is 30.3 Å². The van der Waals surface area contributed by atoms with Crippen LogP contribution in [0.3, 0.4) is 0 Å². The van der Waals surface area contributed by atoms with E-state index in [1.54, 1.807) is 0 Å². The van der Waals surface area contributed by atoms with Crippen molar-refractivity contribution in [1.82, 2.24) is 4.90 Å². The second kappa shape index (κ2) is 5.87. The number of hydrogen-bond acceptors (Lipinski definition) is 2. The first-order valence-corrected chi connectivity index (χ1v) is 6.47. The van der Waals surface area contributed by atoms with E-state index in [0.717, 1.165) is 31.2 Å². The maximum atomic E-state index is 11.4. The molecule has 18 heavy (non-hydrogen) atoms. The van der Waals surface area contributed by atoms with Gasteiger partial charge in [0.25, 0.3) is 0 Å². The van der Waals surface area contributed by atoms with Crippen molar-refractivity contribution in [2.24, 2.45) is 5.73 Å². The first kappa shape index (κ1) is 12.9. The van der Waals surface area contributed by atoms with Crippen molar-refractivity contribution in [1.29, 1.82) is 0 Å². The van der Waals surface area contributed by atoms with Crippen LogP contribution in [0.4, 0.5) is 4.79 Å². The Bertz CT molecular complexity index is 394. The van der Waals surface area contributed by atoms with Gasteiger partial charge in [0.15, 0.2) is 0 Å². The molecule has 1 saturated carbocycles. The van der Waals surface area contributed by atoms with E-state index in [1.807, 2.05) is 30.3 Å². The molecule has 4 heteroatoms. The minimum Gasteiger partial charge on any atom is -0.465 e. The Morgan fingerprint density at radius 3 is 2.56 bits per heavy atom. The van der Waals surface area contributed by atoms with Crippen molar-refractivity contribution in [2.45, 2.75) is 44.3 Å². The molecule has 2 atom stereocenters. The molecule has 0 spiro atoms. The molecule has 1 aromatic carbocycles. The van der Waals surface area contributed by atoms with E-state index in [0.29, 0.717) is 6.54 Å². The Morgan fingerprint density at radius 2 is 1.94 bits per heavy atom. The van der Waals surface area contributed by atoms with Gasteiger partial charge < -0.3 is 10.8 Å². The van der Waals surface area contributed by atoms with Gasteiger partial charge in [-0.3, -0.25) is 4.90 Å². The Kier molecular flexibility index (Phi) is 4.20. The van der Waals surface area contributed by atoms with Crippen molar-refractivity contribution in [2.75, 3.05) is 0 Å². The summed E-state index contributed by atoms with van der Waals surface area (Å²) in [6.45, 7) is 0.425. The number of rotatable bonds is 3. The van der Waals surface area contributed by atoms with Gasteiger partial charge in [-0.2, -0.15) is 0 Å². The maximum absolute atomic E-state index is 11.4. The van der Waals surface area contributed by atoms with Gasteiger partial charge in [0.05, 0.1) is 6.04 Å². The average Bonchev–Trinajstić information content (AvgIpc) is 2.38. The Morgan fingerprint density at radius 1 is 1.28 bits per heavy atom. The van der Waals surface area contributed by atoms with Crippen LogP contribution < -0.4 is 5.73 Å². The third-order valence-electron chi connectivity index (χ3n) is 3.62. The predicted octanol–water partition coefficient (Wildman–Crippen LogP) is 2.44. The molecule has 1 aromatic rings. The molecule has 0 heterocycles. The summed E-state index contributed by atoms with van der Waals surface area (Å²) in [5.74, 6) is 0. The van der Waals surface area contributed by atoms with E-state index in [1.165, 1.54) is 4.90 Å². The first-order valence-electron chi connectivity index (χ1n) is 6.47.